The monoisotopic (exact) mass is 281 g/mol. The van der Waals surface area contributed by atoms with Crippen LogP contribution in [0.1, 0.15) is 24.1 Å². The molecule has 2 aromatic carbocycles. The first kappa shape index (κ1) is 14.0. The maximum atomic E-state index is 13.5. The second-order valence-electron chi connectivity index (χ2n) is 4.22. The third-order valence-electron chi connectivity index (χ3n) is 2.87. The van der Waals surface area contributed by atoms with Gasteiger partial charge in [-0.2, -0.15) is 0 Å². The molecule has 0 fully saturated rings. The molecule has 0 bridgehead atoms. The van der Waals surface area contributed by atoms with Crippen LogP contribution in [0.15, 0.2) is 42.5 Å². The van der Waals surface area contributed by atoms with Crippen LogP contribution < -0.4 is 5.32 Å². The van der Waals surface area contributed by atoms with Crippen molar-refractivity contribution in [3.63, 3.8) is 0 Å². The van der Waals surface area contributed by atoms with Crippen molar-refractivity contribution in [2.75, 3.05) is 6.54 Å². The van der Waals surface area contributed by atoms with Crippen molar-refractivity contribution in [2.45, 2.75) is 13.0 Å². The van der Waals surface area contributed by atoms with Gasteiger partial charge in [0.15, 0.2) is 0 Å². The topological polar surface area (TPSA) is 12.0 Å². The van der Waals surface area contributed by atoms with Crippen LogP contribution in [0.3, 0.4) is 0 Å². The summed E-state index contributed by atoms with van der Waals surface area (Å²) in [6.45, 7) is 2.63. The molecule has 0 amide bonds. The summed E-state index contributed by atoms with van der Waals surface area (Å²) in [5.74, 6) is -0.784. The molecule has 0 aliphatic carbocycles. The molecule has 2 rings (SSSR count). The molecular formula is C15H14ClF2N. The third kappa shape index (κ3) is 3.31. The van der Waals surface area contributed by atoms with Gasteiger partial charge >= 0.3 is 0 Å². The molecule has 1 unspecified atom stereocenters. The van der Waals surface area contributed by atoms with Gasteiger partial charge in [0.05, 0.1) is 11.1 Å². The van der Waals surface area contributed by atoms with Gasteiger partial charge in [-0.05, 0) is 41.9 Å². The summed E-state index contributed by atoms with van der Waals surface area (Å²) in [5, 5.41) is 3.29. The molecule has 0 aliphatic heterocycles. The van der Waals surface area contributed by atoms with E-state index in [0.29, 0.717) is 12.1 Å². The Morgan fingerprint density at radius 3 is 2.47 bits per heavy atom. The van der Waals surface area contributed by atoms with Crippen LogP contribution >= 0.6 is 11.6 Å². The first-order chi connectivity index (χ1) is 9.11. The lowest BCUT2D eigenvalue weighted by atomic mass is 9.98. The number of halogens is 3. The molecule has 1 nitrogen and oxygen atoms in total. The molecule has 0 spiro atoms. The van der Waals surface area contributed by atoms with Gasteiger partial charge in [0.1, 0.15) is 11.6 Å². The van der Waals surface area contributed by atoms with E-state index in [9.17, 15) is 8.78 Å². The maximum absolute atomic E-state index is 13.5. The zero-order chi connectivity index (χ0) is 13.8. The van der Waals surface area contributed by atoms with Gasteiger partial charge in [-0.3, -0.25) is 0 Å². The van der Waals surface area contributed by atoms with Gasteiger partial charge < -0.3 is 5.32 Å². The third-order valence-corrected chi connectivity index (χ3v) is 3.17. The van der Waals surface area contributed by atoms with Gasteiger partial charge in [0.25, 0.3) is 0 Å². The fourth-order valence-electron chi connectivity index (χ4n) is 2.01. The van der Waals surface area contributed by atoms with Crippen molar-refractivity contribution in [3.05, 3.63) is 70.2 Å². The van der Waals surface area contributed by atoms with E-state index < -0.39 is 5.82 Å². The Morgan fingerprint density at radius 1 is 1.11 bits per heavy atom. The van der Waals surface area contributed by atoms with Crippen LogP contribution in [-0.2, 0) is 0 Å². The zero-order valence-corrected chi connectivity index (χ0v) is 11.2. The molecule has 2 aromatic rings. The number of rotatable bonds is 4. The lowest BCUT2D eigenvalue weighted by molar-refractivity contribution is 0.593. The predicted molar refractivity (Wildman–Crippen MR) is 73.3 cm³/mol. The largest absolute Gasteiger partial charge is 0.307 e. The van der Waals surface area contributed by atoms with E-state index in [-0.39, 0.29) is 16.9 Å². The zero-order valence-electron chi connectivity index (χ0n) is 10.5. The average molecular weight is 282 g/mol. The highest BCUT2D eigenvalue weighted by Gasteiger charge is 2.15. The second-order valence-corrected chi connectivity index (χ2v) is 4.63. The standard InChI is InChI=1S/C15H14ClF2N/c1-2-19-15(10-4-3-5-12(17)8-10)11-6-7-13(16)14(18)9-11/h3-9,15,19H,2H2,1H3. The van der Waals surface area contributed by atoms with Gasteiger partial charge in [0.2, 0.25) is 0 Å². The van der Waals surface area contributed by atoms with Crippen molar-refractivity contribution in [3.8, 4) is 0 Å². The van der Waals surface area contributed by atoms with E-state index in [2.05, 4.69) is 5.32 Å². The van der Waals surface area contributed by atoms with Gasteiger partial charge in [-0.1, -0.05) is 36.7 Å². The van der Waals surface area contributed by atoms with E-state index in [1.807, 2.05) is 13.0 Å². The predicted octanol–water partition coefficient (Wildman–Crippen LogP) is 4.32. The minimum atomic E-state index is -0.474. The number of hydrogen-bond acceptors (Lipinski definition) is 1. The molecule has 4 heteroatoms. The molecule has 0 saturated carbocycles. The van der Waals surface area contributed by atoms with Crippen LogP contribution in [0.4, 0.5) is 8.78 Å². The SMILES string of the molecule is CCNC(c1cccc(F)c1)c1ccc(Cl)c(F)c1. The van der Waals surface area contributed by atoms with E-state index in [1.54, 1.807) is 12.1 Å². The molecule has 0 aromatic heterocycles. The summed E-state index contributed by atoms with van der Waals surface area (Å²) in [6, 6.07) is 10.6. The molecule has 0 radical (unpaired) electrons. The van der Waals surface area contributed by atoms with Crippen molar-refractivity contribution in [1.29, 1.82) is 0 Å². The van der Waals surface area contributed by atoms with Crippen LogP contribution in [0.25, 0.3) is 0 Å². The lowest BCUT2D eigenvalue weighted by Crippen LogP contribution is -2.22. The van der Waals surface area contributed by atoms with Crippen molar-refractivity contribution >= 4 is 11.6 Å². The Balaban J connectivity index is 2.42. The summed E-state index contributed by atoms with van der Waals surface area (Å²) >= 11 is 5.68. The minimum Gasteiger partial charge on any atom is -0.307 e. The summed E-state index contributed by atoms with van der Waals surface area (Å²) < 4.78 is 26.8. The van der Waals surface area contributed by atoms with E-state index in [0.717, 1.165) is 5.56 Å². The molecule has 19 heavy (non-hydrogen) atoms. The van der Waals surface area contributed by atoms with Crippen molar-refractivity contribution in [1.82, 2.24) is 5.32 Å². The van der Waals surface area contributed by atoms with Gasteiger partial charge in [0, 0.05) is 0 Å². The highest BCUT2D eigenvalue weighted by atomic mass is 35.5. The Hall–Kier alpha value is -1.45. The van der Waals surface area contributed by atoms with Crippen molar-refractivity contribution in [2.24, 2.45) is 0 Å². The second kappa shape index (κ2) is 6.13. The summed E-state index contributed by atoms with van der Waals surface area (Å²) in [6.07, 6.45) is 0. The number of nitrogens with one attached hydrogen (secondary N) is 1. The summed E-state index contributed by atoms with van der Waals surface area (Å²) in [5.41, 5.74) is 1.47. The number of benzene rings is 2. The first-order valence-corrected chi connectivity index (χ1v) is 6.43. The molecule has 0 saturated heterocycles. The fourth-order valence-corrected chi connectivity index (χ4v) is 2.13. The highest BCUT2D eigenvalue weighted by Crippen LogP contribution is 2.25. The Morgan fingerprint density at radius 2 is 1.84 bits per heavy atom. The fraction of sp³-hybridized carbons (Fsp3) is 0.200. The summed E-state index contributed by atoms with van der Waals surface area (Å²) in [7, 11) is 0. The molecule has 1 atom stereocenters. The summed E-state index contributed by atoms with van der Waals surface area (Å²) in [4.78, 5) is 0. The molecule has 0 aliphatic rings. The molecule has 100 valence electrons. The Kier molecular flexibility index (Phi) is 4.51. The van der Waals surface area contributed by atoms with E-state index >= 15 is 0 Å². The normalized spacial score (nSPS) is 12.4. The molecular weight excluding hydrogens is 268 g/mol. The quantitative estimate of drug-likeness (QED) is 0.880. The highest BCUT2D eigenvalue weighted by molar-refractivity contribution is 6.30. The van der Waals surface area contributed by atoms with E-state index in [4.69, 9.17) is 11.6 Å². The molecule has 1 N–H and O–H groups in total. The lowest BCUT2D eigenvalue weighted by Gasteiger charge is -2.19. The first-order valence-electron chi connectivity index (χ1n) is 6.05. The Labute approximate surface area is 116 Å². The van der Waals surface area contributed by atoms with Crippen molar-refractivity contribution < 1.29 is 8.78 Å². The van der Waals surface area contributed by atoms with Crippen LogP contribution in [0, 0.1) is 11.6 Å². The smallest absolute Gasteiger partial charge is 0.142 e. The van der Waals surface area contributed by atoms with Gasteiger partial charge in [-0.25, -0.2) is 8.78 Å². The van der Waals surface area contributed by atoms with E-state index in [1.165, 1.54) is 24.3 Å². The Bertz CT molecular complexity index is 572. The molecule has 0 heterocycles. The average Bonchev–Trinajstić information content (AvgIpc) is 2.39. The van der Waals surface area contributed by atoms with Crippen LogP contribution in [-0.4, -0.2) is 6.54 Å². The maximum Gasteiger partial charge on any atom is 0.142 e. The van der Waals surface area contributed by atoms with Crippen LogP contribution in [0.2, 0.25) is 5.02 Å². The van der Waals surface area contributed by atoms with Gasteiger partial charge in [-0.15, -0.1) is 0 Å². The minimum absolute atomic E-state index is 0.0817. The number of hydrogen-bond donors (Lipinski definition) is 1. The van der Waals surface area contributed by atoms with Crippen LogP contribution in [0.5, 0.6) is 0 Å².